The maximum absolute atomic E-state index is 13.4. The number of ether oxygens (including phenoxy) is 2. The number of allylic oxidation sites excluding steroid dienone is 2. The number of nitrogens with zero attached hydrogens (tertiary/aromatic N) is 3. The molecule has 0 fully saturated rings. The van der Waals surface area contributed by atoms with E-state index in [4.69, 9.17) is 14.5 Å². The third-order valence-electron chi connectivity index (χ3n) is 6.11. The molecule has 0 aromatic heterocycles. The van der Waals surface area contributed by atoms with Gasteiger partial charge in [-0.1, -0.05) is 30.4 Å². The number of benzene rings is 2. The fourth-order valence-electron chi connectivity index (χ4n) is 4.43. The highest BCUT2D eigenvalue weighted by Gasteiger charge is 2.38. The largest absolute Gasteiger partial charge is 0.491 e. The highest BCUT2D eigenvalue weighted by molar-refractivity contribution is 6.23. The molecule has 2 aromatic carbocycles. The standard InChI is InChI=1S/C30H32FN3O5/c1-20(2)39-25-10-7-9-24-28(25)30(37)33(29(24)36)18-16-26-32-21(3)8-5-4-6-11-27(35)34(26)22-12-14-23(15-13-22)38-19-17-31/h4-10,12-15,20-21H,11,16-19H2,1-3H3. The topological polar surface area (TPSA) is 88.5 Å². The molecule has 0 saturated heterocycles. The lowest BCUT2D eigenvalue weighted by Crippen LogP contribution is -2.40. The number of carbonyl (C=O) groups is 3. The minimum Gasteiger partial charge on any atom is -0.491 e. The Hall–Kier alpha value is -4.27. The van der Waals surface area contributed by atoms with Crippen molar-refractivity contribution in [2.75, 3.05) is 24.7 Å². The van der Waals surface area contributed by atoms with E-state index in [1.54, 1.807) is 54.6 Å². The van der Waals surface area contributed by atoms with Crippen molar-refractivity contribution in [3.63, 3.8) is 0 Å². The summed E-state index contributed by atoms with van der Waals surface area (Å²) in [5.74, 6) is 0.199. The van der Waals surface area contributed by atoms with E-state index in [0.29, 0.717) is 28.6 Å². The second-order valence-electron chi connectivity index (χ2n) is 9.42. The quantitative estimate of drug-likeness (QED) is 0.416. The Morgan fingerprint density at radius 2 is 1.82 bits per heavy atom. The van der Waals surface area contributed by atoms with Crippen molar-refractivity contribution in [3.05, 3.63) is 77.9 Å². The molecule has 0 radical (unpaired) electrons. The number of imide groups is 1. The molecule has 1 unspecified atom stereocenters. The van der Waals surface area contributed by atoms with E-state index in [1.165, 1.54) is 9.80 Å². The summed E-state index contributed by atoms with van der Waals surface area (Å²) in [5.41, 5.74) is 1.10. The van der Waals surface area contributed by atoms with E-state index in [1.807, 2.05) is 32.9 Å². The van der Waals surface area contributed by atoms with Crippen molar-refractivity contribution in [3.8, 4) is 11.5 Å². The first-order chi connectivity index (χ1) is 18.8. The van der Waals surface area contributed by atoms with E-state index in [-0.39, 0.29) is 49.6 Å². The Morgan fingerprint density at radius 1 is 1.05 bits per heavy atom. The van der Waals surface area contributed by atoms with Gasteiger partial charge in [0.1, 0.15) is 30.6 Å². The van der Waals surface area contributed by atoms with Gasteiger partial charge in [0.2, 0.25) is 5.91 Å². The van der Waals surface area contributed by atoms with E-state index in [2.05, 4.69) is 0 Å². The van der Waals surface area contributed by atoms with Gasteiger partial charge in [-0.25, -0.2) is 4.39 Å². The molecule has 0 bridgehead atoms. The molecule has 2 aliphatic rings. The Labute approximate surface area is 227 Å². The molecular formula is C30H32FN3O5. The second kappa shape index (κ2) is 12.5. The third kappa shape index (κ3) is 6.42. The van der Waals surface area contributed by atoms with Crippen molar-refractivity contribution < 1.29 is 28.2 Å². The van der Waals surface area contributed by atoms with Crippen LogP contribution >= 0.6 is 0 Å². The summed E-state index contributed by atoms with van der Waals surface area (Å²) in [4.78, 5) is 47.4. The molecule has 2 aliphatic heterocycles. The number of carbonyl (C=O) groups excluding carboxylic acids is 3. The number of fused-ring (bicyclic) bond motifs is 1. The van der Waals surface area contributed by atoms with E-state index in [9.17, 15) is 18.8 Å². The molecular weight excluding hydrogens is 501 g/mol. The van der Waals surface area contributed by atoms with Crippen LogP contribution in [0.2, 0.25) is 0 Å². The fourth-order valence-corrected chi connectivity index (χ4v) is 4.43. The number of alkyl halides is 1. The molecule has 1 atom stereocenters. The Bertz CT molecular complexity index is 1320. The molecule has 0 saturated carbocycles. The van der Waals surface area contributed by atoms with Crippen molar-refractivity contribution in [1.29, 1.82) is 0 Å². The first kappa shape index (κ1) is 27.8. The van der Waals surface area contributed by atoms with Gasteiger partial charge >= 0.3 is 0 Å². The van der Waals surface area contributed by atoms with Gasteiger partial charge in [0.25, 0.3) is 11.8 Å². The van der Waals surface area contributed by atoms with Gasteiger partial charge in [0.05, 0.1) is 29.0 Å². The second-order valence-corrected chi connectivity index (χ2v) is 9.42. The minimum absolute atomic E-state index is 0.0278. The van der Waals surface area contributed by atoms with Gasteiger partial charge in [-0.2, -0.15) is 0 Å². The maximum Gasteiger partial charge on any atom is 0.265 e. The number of amidine groups is 1. The van der Waals surface area contributed by atoms with Crippen LogP contribution in [0.15, 0.2) is 71.8 Å². The van der Waals surface area contributed by atoms with Crippen LogP contribution in [-0.2, 0) is 4.79 Å². The summed E-state index contributed by atoms with van der Waals surface area (Å²) >= 11 is 0. The van der Waals surface area contributed by atoms with Crippen LogP contribution in [0.4, 0.5) is 10.1 Å². The third-order valence-corrected chi connectivity index (χ3v) is 6.11. The number of amides is 3. The molecule has 0 spiro atoms. The van der Waals surface area contributed by atoms with E-state index < -0.39 is 18.5 Å². The van der Waals surface area contributed by atoms with E-state index >= 15 is 0 Å². The number of aliphatic imine (C=N–C) groups is 1. The highest BCUT2D eigenvalue weighted by atomic mass is 19.1. The Balaban J connectivity index is 1.63. The van der Waals surface area contributed by atoms with Crippen LogP contribution in [0.1, 0.15) is 54.3 Å². The number of hydrogen-bond acceptors (Lipinski definition) is 6. The van der Waals surface area contributed by atoms with Crippen LogP contribution in [0, 0.1) is 0 Å². The van der Waals surface area contributed by atoms with Crippen LogP contribution in [-0.4, -0.2) is 60.4 Å². The van der Waals surface area contributed by atoms with Crippen LogP contribution in [0.5, 0.6) is 11.5 Å². The van der Waals surface area contributed by atoms with Crippen LogP contribution in [0.25, 0.3) is 0 Å². The monoisotopic (exact) mass is 533 g/mol. The molecule has 2 aromatic rings. The normalized spacial score (nSPS) is 17.5. The molecule has 4 rings (SSSR count). The highest BCUT2D eigenvalue weighted by Crippen LogP contribution is 2.32. The molecule has 9 heteroatoms. The average molecular weight is 534 g/mol. The van der Waals surface area contributed by atoms with Gasteiger partial charge in [-0.3, -0.25) is 29.2 Å². The predicted molar refractivity (Wildman–Crippen MR) is 147 cm³/mol. The van der Waals surface area contributed by atoms with Crippen molar-refractivity contribution in [2.45, 2.75) is 45.8 Å². The number of rotatable bonds is 9. The number of halogens is 1. The zero-order valence-corrected chi connectivity index (χ0v) is 22.3. The van der Waals surface area contributed by atoms with Crippen LogP contribution in [0.3, 0.4) is 0 Å². The van der Waals surface area contributed by atoms with Crippen molar-refractivity contribution in [1.82, 2.24) is 4.90 Å². The molecule has 204 valence electrons. The van der Waals surface area contributed by atoms with Gasteiger partial charge < -0.3 is 9.47 Å². The van der Waals surface area contributed by atoms with Gasteiger partial charge in [-0.05, 0) is 57.2 Å². The molecule has 0 N–H and O–H groups in total. The summed E-state index contributed by atoms with van der Waals surface area (Å²) in [6.45, 7) is 4.95. The lowest BCUT2D eigenvalue weighted by Gasteiger charge is -2.27. The molecule has 8 nitrogen and oxygen atoms in total. The van der Waals surface area contributed by atoms with Gasteiger partial charge in [0, 0.05) is 19.4 Å². The number of anilines is 1. The summed E-state index contributed by atoms with van der Waals surface area (Å²) in [6, 6.07) is 11.5. The summed E-state index contributed by atoms with van der Waals surface area (Å²) in [7, 11) is 0. The first-order valence-corrected chi connectivity index (χ1v) is 13.0. The SMILES string of the molecule is CC1C=CC=CCC(=O)N(c2ccc(OCCF)cc2)C(CCN2C(=O)c3cccc(OC(C)C)c3C2=O)=N1. The molecule has 3 amide bonds. The average Bonchev–Trinajstić information content (AvgIpc) is 3.15. The molecule has 0 aliphatic carbocycles. The Kier molecular flexibility index (Phi) is 8.91. The Morgan fingerprint density at radius 3 is 2.54 bits per heavy atom. The van der Waals surface area contributed by atoms with E-state index in [0.717, 1.165) is 0 Å². The van der Waals surface area contributed by atoms with Crippen molar-refractivity contribution in [2.24, 2.45) is 4.99 Å². The van der Waals surface area contributed by atoms with Crippen LogP contribution < -0.4 is 14.4 Å². The zero-order chi connectivity index (χ0) is 27.9. The van der Waals surface area contributed by atoms with Crippen molar-refractivity contribution >= 4 is 29.2 Å². The summed E-state index contributed by atoms with van der Waals surface area (Å²) in [6.07, 6.45) is 7.42. The molecule has 39 heavy (non-hydrogen) atoms. The van der Waals surface area contributed by atoms with Gasteiger partial charge in [0.15, 0.2) is 0 Å². The summed E-state index contributed by atoms with van der Waals surface area (Å²) < 4.78 is 23.6. The smallest absolute Gasteiger partial charge is 0.265 e. The number of hydrogen-bond donors (Lipinski definition) is 0. The minimum atomic E-state index is -0.607. The lowest BCUT2D eigenvalue weighted by atomic mass is 10.1. The lowest BCUT2D eigenvalue weighted by molar-refractivity contribution is -0.116. The maximum atomic E-state index is 13.4. The summed E-state index contributed by atoms with van der Waals surface area (Å²) in [5, 5.41) is 0. The van der Waals surface area contributed by atoms with Gasteiger partial charge in [-0.15, -0.1) is 0 Å². The fraction of sp³-hybridized carbons (Fsp3) is 0.333. The zero-order valence-electron chi connectivity index (χ0n) is 22.3. The predicted octanol–water partition coefficient (Wildman–Crippen LogP) is 5.14. The first-order valence-electron chi connectivity index (χ1n) is 13.0. The molecule has 2 heterocycles.